The number of halogens is 1. The van der Waals surface area contributed by atoms with Crippen LogP contribution in [0.1, 0.15) is 28.7 Å². The molecule has 0 unspecified atom stereocenters. The minimum atomic E-state index is -0.959. The molecule has 0 heterocycles. The molecule has 25 heavy (non-hydrogen) atoms. The molecular formula is C20H22BrNO3. The Bertz CT molecular complexity index is 781. The van der Waals surface area contributed by atoms with Gasteiger partial charge in [0.2, 0.25) is 5.91 Å². The van der Waals surface area contributed by atoms with Gasteiger partial charge in [-0.05, 0) is 50.5 Å². The minimum absolute atomic E-state index is 0.0617. The van der Waals surface area contributed by atoms with Crippen LogP contribution in [0.5, 0.6) is 0 Å². The fraction of sp³-hybridized carbons (Fsp3) is 0.300. The van der Waals surface area contributed by atoms with E-state index in [4.69, 9.17) is 0 Å². The van der Waals surface area contributed by atoms with Crippen LogP contribution in [0.15, 0.2) is 40.9 Å². The lowest BCUT2D eigenvalue weighted by Gasteiger charge is -2.14. The van der Waals surface area contributed by atoms with E-state index in [-0.39, 0.29) is 12.3 Å². The number of aryl methyl sites for hydroxylation is 3. The summed E-state index contributed by atoms with van der Waals surface area (Å²) in [4.78, 5) is 23.8. The normalized spacial score (nSPS) is 11.8. The summed E-state index contributed by atoms with van der Waals surface area (Å²) >= 11 is 3.42. The largest absolute Gasteiger partial charge is 0.481 e. The summed E-state index contributed by atoms with van der Waals surface area (Å²) < 4.78 is 0.898. The van der Waals surface area contributed by atoms with E-state index >= 15 is 0 Å². The van der Waals surface area contributed by atoms with Crippen molar-refractivity contribution < 1.29 is 14.7 Å². The molecule has 0 radical (unpaired) electrons. The van der Waals surface area contributed by atoms with Crippen molar-refractivity contribution in [2.24, 2.45) is 5.92 Å². The first kappa shape index (κ1) is 19.2. The average Bonchev–Trinajstić information content (AvgIpc) is 2.49. The molecular weight excluding hydrogens is 382 g/mol. The van der Waals surface area contributed by atoms with E-state index in [1.165, 1.54) is 0 Å². The van der Waals surface area contributed by atoms with Crippen molar-refractivity contribution >= 4 is 33.5 Å². The van der Waals surface area contributed by atoms with E-state index in [1.807, 2.05) is 51.1 Å². The van der Waals surface area contributed by atoms with Crippen molar-refractivity contribution in [3.63, 3.8) is 0 Å². The number of carbonyl (C=O) groups is 2. The van der Waals surface area contributed by atoms with Crippen LogP contribution in [0.2, 0.25) is 0 Å². The summed E-state index contributed by atoms with van der Waals surface area (Å²) in [6.45, 7) is 5.92. The van der Waals surface area contributed by atoms with Crippen LogP contribution in [-0.2, 0) is 16.0 Å². The van der Waals surface area contributed by atoms with Gasteiger partial charge in [-0.15, -0.1) is 0 Å². The number of carboxylic acid groups (broad SMARTS) is 1. The van der Waals surface area contributed by atoms with Crippen LogP contribution in [0.3, 0.4) is 0 Å². The number of carboxylic acids is 1. The molecule has 5 heteroatoms. The topological polar surface area (TPSA) is 66.4 Å². The van der Waals surface area contributed by atoms with Crippen LogP contribution < -0.4 is 5.32 Å². The number of hydrogen-bond donors (Lipinski definition) is 2. The molecule has 2 aromatic rings. The standard InChI is InChI=1S/C20H22BrNO3/c1-12-6-13(2)8-15(7-12)9-16(20(24)25)10-19(23)22-17-5-4-14(3)18(21)11-17/h4-8,11,16H,9-10H2,1-3H3,(H,22,23)(H,24,25)/t16-/m1/s1. The third kappa shape index (κ3) is 5.71. The molecule has 2 rings (SSSR count). The van der Waals surface area contributed by atoms with Crippen LogP contribution in [0.4, 0.5) is 5.69 Å². The summed E-state index contributed by atoms with van der Waals surface area (Å²) in [5, 5.41) is 12.3. The Labute approximate surface area is 156 Å². The van der Waals surface area contributed by atoms with E-state index in [1.54, 1.807) is 6.07 Å². The highest BCUT2D eigenvalue weighted by Gasteiger charge is 2.22. The van der Waals surface area contributed by atoms with Gasteiger partial charge in [-0.1, -0.05) is 51.3 Å². The van der Waals surface area contributed by atoms with E-state index in [2.05, 4.69) is 21.2 Å². The predicted octanol–water partition coefficient (Wildman–Crippen LogP) is 4.65. The van der Waals surface area contributed by atoms with E-state index in [0.29, 0.717) is 12.1 Å². The third-order valence-electron chi connectivity index (χ3n) is 4.00. The number of aliphatic carboxylic acids is 1. The van der Waals surface area contributed by atoms with Gasteiger partial charge in [0, 0.05) is 16.6 Å². The SMILES string of the molecule is Cc1cc(C)cc(C[C@H](CC(=O)Nc2ccc(C)c(Br)c2)C(=O)O)c1. The highest BCUT2D eigenvalue weighted by Crippen LogP contribution is 2.22. The van der Waals surface area contributed by atoms with Crippen molar-refractivity contribution in [2.45, 2.75) is 33.6 Å². The molecule has 2 aromatic carbocycles. The van der Waals surface area contributed by atoms with Crippen LogP contribution in [-0.4, -0.2) is 17.0 Å². The smallest absolute Gasteiger partial charge is 0.307 e. The molecule has 0 aliphatic heterocycles. The molecule has 1 atom stereocenters. The molecule has 1 amide bonds. The Morgan fingerprint density at radius 1 is 1.08 bits per heavy atom. The summed E-state index contributed by atoms with van der Waals surface area (Å²) in [5.74, 6) is -2.01. The Kier molecular flexibility index (Phi) is 6.37. The number of rotatable bonds is 6. The van der Waals surface area contributed by atoms with E-state index in [9.17, 15) is 14.7 Å². The molecule has 0 aliphatic carbocycles. The fourth-order valence-electron chi connectivity index (χ4n) is 2.82. The van der Waals surface area contributed by atoms with E-state index < -0.39 is 11.9 Å². The molecule has 0 aliphatic rings. The fourth-order valence-corrected chi connectivity index (χ4v) is 3.20. The second kappa shape index (κ2) is 8.30. The van der Waals surface area contributed by atoms with E-state index in [0.717, 1.165) is 26.7 Å². The molecule has 0 aromatic heterocycles. The summed E-state index contributed by atoms with van der Waals surface area (Å²) in [7, 11) is 0. The van der Waals surface area contributed by atoms with Gasteiger partial charge in [-0.3, -0.25) is 9.59 Å². The second-order valence-electron chi connectivity index (χ2n) is 6.45. The molecule has 0 spiro atoms. The lowest BCUT2D eigenvalue weighted by molar-refractivity contribution is -0.143. The van der Waals surface area contributed by atoms with Gasteiger partial charge in [0.1, 0.15) is 0 Å². The van der Waals surface area contributed by atoms with Crippen LogP contribution in [0.25, 0.3) is 0 Å². The van der Waals surface area contributed by atoms with Crippen molar-refractivity contribution in [2.75, 3.05) is 5.32 Å². The predicted molar refractivity (Wildman–Crippen MR) is 103 cm³/mol. The first-order valence-electron chi connectivity index (χ1n) is 8.10. The van der Waals surface area contributed by atoms with Gasteiger partial charge >= 0.3 is 5.97 Å². The highest BCUT2D eigenvalue weighted by atomic mass is 79.9. The number of carbonyl (C=O) groups excluding carboxylic acids is 1. The van der Waals surface area contributed by atoms with Gasteiger partial charge in [-0.2, -0.15) is 0 Å². The lowest BCUT2D eigenvalue weighted by atomic mass is 9.94. The Morgan fingerprint density at radius 3 is 2.28 bits per heavy atom. The third-order valence-corrected chi connectivity index (χ3v) is 4.85. The lowest BCUT2D eigenvalue weighted by Crippen LogP contribution is -2.24. The minimum Gasteiger partial charge on any atom is -0.481 e. The summed E-state index contributed by atoms with van der Waals surface area (Å²) in [5.41, 5.74) is 4.84. The zero-order chi connectivity index (χ0) is 18.6. The van der Waals surface area contributed by atoms with Gasteiger partial charge in [0.05, 0.1) is 5.92 Å². The maximum Gasteiger partial charge on any atom is 0.307 e. The Morgan fingerprint density at radius 2 is 1.72 bits per heavy atom. The Hall–Kier alpha value is -2.14. The summed E-state index contributed by atoms with van der Waals surface area (Å²) in [6, 6.07) is 11.5. The average molecular weight is 404 g/mol. The maximum atomic E-state index is 12.3. The monoisotopic (exact) mass is 403 g/mol. The number of amides is 1. The molecule has 0 fully saturated rings. The molecule has 0 saturated carbocycles. The van der Waals surface area contributed by atoms with Crippen molar-refractivity contribution in [3.05, 3.63) is 63.1 Å². The van der Waals surface area contributed by atoms with Crippen molar-refractivity contribution in [3.8, 4) is 0 Å². The number of benzene rings is 2. The quantitative estimate of drug-likeness (QED) is 0.737. The van der Waals surface area contributed by atoms with Gasteiger partial charge < -0.3 is 10.4 Å². The first-order chi connectivity index (χ1) is 11.7. The van der Waals surface area contributed by atoms with Crippen molar-refractivity contribution in [1.29, 1.82) is 0 Å². The summed E-state index contributed by atoms with van der Waals surface area (Å²) in [6.07, 6.45) is 0.274. The molecule has 0 bridgehead atoms. The molecule has 2 N–H and O–H groups in total. The van der Waals surface area contributed by atoms with Crippen LogP contribution in [0, 0.1) is 26.7 Å². The van der Waals surface area contributed by atoms with Crippen molar-refractivity contribution in [1.82, 2.24) is 0 Å². The maximum absolute atomic E-state index is 12.3. The first-order valence-corrected chi connectivity index (χ1v) is 8.90. The second-order valence-corrected chi connectivity index (χ2v) is 7.31. The number of anilines is 1. The van der Waals surface area contributed by atoms with Gasteiger partial charge in [0.25, 0.3) is 0 Å². The van der Waals surface area contributed by atoms with Gasteiger partial charge in [0.15, 0.2) is 0 Å². The number of nitrogens with one attached hydrogen (secondary N) is 1. The zero-order valence-electron chi connectivity index (χ0n) is 14.6. The van der Waals surface area contributed by atoms with Crippen LogP contribution >= 0.6 is 15.9 Å². The molecule has 0 saturated heterocycles. The van der Waals surface area contributed by atoms with Gasteiger partial charge in [-0.25, -0.2) is 0 Å². The highest BCUT2D eigenvalue weighted by molar-refractivity contribution is 9.10. The zero-order valence-corrected chi connectivity index (χ0v) is 16.2. The molecule has 4 nitrogen and oxygen atoms in total. The molecule has 132 valence electrons. The Balaban J connectivity index is 2.06. The number of hydrogen-bond acceptors (Lipinski definition) is 2.